The third-order valence-corrected chi connectivity index (χ3v) is 5.68. The van der Waals surface area contributed by atoms with Gasteiger partial charge in [-0.25, -0.2) is 0 Å². The van der Waals surface area contributed by atoms with Crippen LogP contribution < -0.4 is 5.32 Å². The molecule has 0 aliphatic heterocycles. The maximum absolute atomic E-state index is 12.4. The van der Waals surface area contributed by atoms with Crippen molar-refractivity contribution < 1.29 is 4.79 Å². The van der Waals surface area contributed by atoms with Gasteiger partial charge in [0.25, 0.3) is 0 Å². The number of hydrogen-bond donors (Lipinski definition) is 1. The van der Waals surface area contributed by atoms with Crippen LogP contribution in [-0.2, 0) is 4.79 Å². The molecule has 0 saturated heterocycles. The van der Waals surface area contributed by atoms with Crippen LogP contribution in [0.1, 0.15) is 22.7 Å². The molecule has 1 aromatic heterocycles. The highest BCUT2D eigenvalue weighted by molar-refractivity contribution is 7.99. The van der Waals surface area contributed by atoms with E-state index in [1.165, 1.54) is 28.5 Å². The number of amides is 1. The maximum Gasteiger partial charge on any atom is 0.230 e. The van der Waals surface area contributed by atoms with Gasteiger partial charge < -0.3 is 10.2 Å². The highest BCUT2D eigenvalue weighted by Gasteiger charge is 2.16. The Kier molecular flexibility index (Phi) is 7.06. The van der Waals surface area contributed by atoms with E-state index in [4.69, 9.17) is 0 Å². The van der Waals surface area contributed by atoms with E-state index in [9.17, 15) is 4.79 Å². The molecule has 0 saturated carbocycles. The van der Waals surface area contributed by atoms with Crippen LogP contribution in [0.4, 0.5) is 0 Å². The third kappa shape index (κ3) is 5.68. The van der Waals surface area contributed by atoms with Gasteiger partial charge in [0.1, 0.15) is 6.33 Å². The molecule has 0 aliphatic carbocycles. The second kappa shape index (κ2) is 9.71. The zero-order valence-electron chi connectivity index (χ0n) is 17.3. The number of carbonyl (C=O) groups excluding carboxylic acids is 1. The molecule has 0 spiro atoms. The minimum Gasteiger partial charge on any atom is -0.353 e. The lowest BCUT2D eigenvalue weighted by Gasteiger charge is -2.25. The molecule has 0 radical (unpaired) electrons. The molecule has 3 rings (SSSR count). The first-order valence-electron chi connectivity index (χ1n) is 9.53. The fraction of sp³-hybridized carbons (Fsp3) is 0.318. The Morgan fingerprint density at radius 1 is 1.07 bits per heavy atom. The van der Waals surface area contributed by atoms with Gasteiger partial charge in [-0.05, 0) is 45.6 Å². The number of nitrogens with zero attached hydrogens (tertiary/aromatic N) is 4. The molecule has 0 fully saturated rings. The fourth-order valence-corrected chi connectivity index (χ4v) is 3.74. The molecule has 0 aliphatic rings. The highest BCUT2D eigenvalue weighted by atomic mass is 32.2. The summed E-state index contributed by atoms with van der Waals surface area (Å²) >= 11 is 1.38. The molecule has 6 nitrogen and oxygen atoms in total. The summed E-state index contributed by atoms with van der Waals surface area (Å²) in [5, 5.41) is 11.9. The number of rotatable bonds is 8. The summed E-state index contributed by atoms with van der Waals surface area (Å²) in [6.07, 6.45) is 1.67. The molecule has 1 amide bonds. The molecule has 1 atom stereocenters. The Labute approximate surface area is 176 Å². The summed E-state index contributed by atoms with van der Waals surface area (Å²) in [5.41, 5.74) is 4.59. The highest BCUT2D eigenvalue weighted by Crippen LogP contribution is 2.20. The average Bonchev–Trinajstić information content (AvgIpc) is 3.17. The predicted octanol–water partition coefficient (Wildman–Crippen LogP) is 3.40. The van der Waals surface area contributed by atoms with Gasteiger partial charge in [-0.3, -0.25) is 9.36 Å². The predicted molar refractivity (Wildman–Crippen MR) is 117 cm³/mol. The standard InChI is InChI=1S/C22H27N5OS/c1-16-5-9-18(10-6-16)20(26(3)4)13-23-21(28)14-29-22-25-24-15-27(22)19-11-7-17(2)8-12-19/h5-12,15,20H,13-14H2,1-4H3,(H,23,28). The van der Waals surface area contributed by atoms with Gasteiger partial charge in [-0.2, -0.15) is 0 Å². The lowest BCUT2D eigenvalue weighted by molar-refractivity contribution is -0.118. The van der Waals surface area contributed by atoms with Crippen LogP contribution in [0.5, 0.6) is 0 Å². The topological polar surface area (TPSA) is 63.1 Å². The number of carbonyl (C=O) groups is 1. The van der Waals surface area contributed by atoms with Gasteiger partial charge in [0, 0.05) is 12.2 Å². The van der Waals surface area contributed by atoms with Crippen LogP contribution in [0.3, 0.4) is 0 Å². The van der Waals surface area contributed by atoms with Gasteiger partial charge >= 0.3 is 0 Å². The van der Waals surface area contributed by atoms with Crippen molar-refractivity contribution in [3.05, 3.63) is 71.5 Å². The number of likely N-dealkylation sites (N-methyl/N-ethyl adjacent to an activating group) is 1. The first kappa shape index (κ1) is 21.1. The Morgan fingerprint density at radius 3 is 2.31 bits per heavy atom. The summed E-state index contributed by atoms with van der Waals surface area (Å²) in [5.74, 6) is 0.269. The van der Waals surface area contributed by atoms with Crippen LogP contribution in [0, 0.1) is 13.8 Å². The summed E-state index contributed by atoms with van der Waals surface area (Å²) in [4.78, 5) is 14.6. The van der Waals surface area contributed by atoms with E-state index in [0.717, 1.165) is 5.69 Å². The van der Waals surface area contributed by atoms with Crippen molar-refractivity contribution in [2.24, 2.45) is 0 Å². The summed E-state index contributed by atoms with van der Waals surface area (Å²) < 4.78 is 1.90. The molecule has 1 heterocycles. The van der Waals surface area contributed by atoms with Crippen molar-refractivity contribution in [1.82, 2.24) is 25.0 Å². The van der Waals surface area contributed by atoms with Crippen molar-refractivity contribution in [2.75, 3.05) is 26.4 Å². The number of hydrogen-bond acceptors (Lipinski definition) is 5. The van der Waals surface area contributed by atoms with Crippen LogP contribution in [0.2, 0.25) is 0 Å². The molecule has 3 aromatic rings. The zero-order valence-corrected chi connectivity index (χ0v) is 18.1. The van der Waals surface area contributed by atoms with Gasteiger partial charge in [-0.1, -0.05) is 59.3 Å². The van der Waals surface area contributed by atoms with E-state index in [1.807, 2.05) is 49.9 Å². The maximum atomic E-state index is 12.4. The van der Waals surface area contributed by atoms with E-state index in [0.29, 0.717) is 17.5 Å². The van der Waals surface area contributed by atoms with Crippen molar-refractivity contribution in [1.29, 1.82) is 0 Å². The van der Waals surface area contributed by atoms with Crippen molar-refractivity contribution in [3.8, 4) is 5.69 Å². The number of aryl methyl sites for hydroxylation is 2. The van der Waals surface area contributed by atoms with E-state index < -0.39 is 0 Å². The van der Waals surface area contributed by atoms with Crippen molar-refractivity contribution in [2.45, 2.75) is 25.0 Å². The minimum atomic E-state index is -0.0209. The number of nitrogens with one attached hydrogen (secondary N) is 1. The van der Waals surface area contributed by atoms with Gasteiger partial charge in [0.05, 0.1) is 11.8 Å². The number of thioether (sulfide) groups is 1. The van der Waals surface area contributed by atoms with Crippen LogP contribution in [-0.4, -0.2) is 52.0 Å². The summed E-state index contributed by atoms with van der Waals surface area (Å²) in [7, 11) is 4.05. The lowest BCUT2D eigenvalue weighted by atomic mass is 10.0. The zero-order chi connectivity index (χ0) is 20.8. The van der Waals surface area contributed by atoms with Crippen LogP contribution >= 0.6 is 11.8 Å². The molecular weight excluding hydrogens is 382 g/mol. The second-order valence-corrected chi connectivity index (χ2v) is 8.24. The molecule has 29 heavy (non-hydrogen) atoms. The summed E-state index contributed by atoms with van der Waals surface area (Å²) in [6.45, 7) is 4.68. The quantitative estimate of drug-likeness (QED) is 0.578. The smallest absolute Gasteiger partial charge is 0.230 e. The third-order valence-electron chi connectivity index (χ3n) is 4.74. The molecule has 2 aromatic carbocycles. The van der Waals surface area contributed by atoms with E-state index in [-0.39, 0.29) is 11.9 Å². The first-order chi connectivity index (χ1) is 13.9. The Bertz CT molecular complexity index is 935. The molecule has 0 bridgehead atoms. The SMILES string of the molecule is Cc1ccc(C(CNC(=O)CSc2nncn2-c2ccc(C)cc2)N(C)C)cc1. The van der Waals surface area contributed by atoms with Crippen molar-refractivity contribution >= 4 is 17.7 Å². The van der Waals surface area contributed by atoms with Crippen LogP contribution in [0.25, 0.3) is 5.69 Å². The molecule has 1 unspecified atom stereocenters. The largest absolute Gasteiger partial charge is 0.353 e. The Hall–Kier alpha value is -2.64. The fourth-order valence-electron chi connectivity index (χ4n) is 2.98. The number of aromatic nitrogens is 3. The van der Waals surface area contributed by atoms with Crippen LogP contribution in [0.15, 0.2) is 60.0 Å². The van der Waals surface area contributed by atoms with Crippen molar-refractivity contribution in [3.63, 3.8) is 0 Å². The molecule has 1 N–H and O–H groups in total. The molecule has 152 valence electrons. The molecule has 7 heteroatoms. The molecular formula is C22H27N5OS. The Morgan fingerprint density at radius 2 is 1.69 bits per heavy atom. The minimum absolute atomic E-state index is 0.0209. The van der Waals surface area contributed by atoms with Gasteiger partial charge in [0.15, 0.2) is 5.16 Å². The van der Waals surface area contributed by atoms with E-state index >= 15 is 0 Å². The first-order valence-corrected chi connectivity index (χ1v) is 10.5. The lowest BCUT2D eigenvalue weighted by Crippen LogP contribution is -2.35. The second-order valence-electron chi connectivity index (χ2n) is 7.30. The van der Waals surface area contributed by atoms with Gasteiger partial charge in [-0.15, -0.1) is 10.2 Å². The van der Waals surface area contributed by atoms with E-state index in [2.05, 4.69) is 51.6 Å². The number of benzene rings is 2. The Balaban J connectivity index is 1.57. The van der Waals surface area contributed by atoms with Gasteiger partial charge in [0.2, 0.25) is 5.91 Å². The normalized spacial score (nSPS) is 12.2. The monoisotopic (exact) mass is 409 g/mol. The summed E-state index contributed by atoms with van der Waals surface area (Å²) in [6, 6.07) is 16.7. The average molecular weight is 410 g/mol. The van der Waals surface area contributed by atoms with E-state index in [1.54, 1.807) is 6.33 Å².